The lowest BCUT2D eigenvalue weighted by atomic mass is 10.0. The van der Waals surface area contributed by atoms with Crippen LogP contribution in [0.25, 0.3) is 10.9 Å². The van der Waals surface area contributed by atoms with E-state index in [1.165, 1.54) is 6.07 Å². The Morgan fingerprint density at radius 2 is 2.25 bits per heavy atom. The molecule has 1 aromatic heterocycles. The first-order valence-electron chi connectivity index (χ1n) is 6.50. The van der Waals surface area contributed by atoms with Crippen LogP contribution in [0.1, 0.15) is 23.2 Å². The van der Waals surface area contributed by atoms with Crippen molar-refractivity contribution in [2.45, 2.75) is 32.7 Å². The number of carboxylic acids is 1. The summed E-state index contributed by atoms with van der Waals surface area (Å²) in [4.78, 5) is 21.7. The fourth-order valence-electron chi connectivity index (χ4n) is 3.13. The normalized spacial score (nSPS) is 13.7. The molecule has 3 rings (SSSR count). The molecule has 2 aromatic rings. The van der Waals surface area contributed by atoms with Gasteiger partial charge in [-0.05, 0) is 30.9 Å². The summed E-state index contributed by atoms with van der Waals surface area (Å²) >= 11 is 0. The summed E-state index contributed by atoms with van der Waals surface area (Å²) in [5.41, 5.74) is 3.55. The minimum Gasteiger partial charge on any atom is -0.481 e. The summed E-state index contributed by atoms with van der Waals surface area (Å²) in [6.45, 7) is 2.73. The molecule has 0 saturated carbocycles. The van der Waals surface area contributed by atoms with Gasteiger partial charge < -0.3 is 9.67 Å². The maximum atomic E-state index is 11.0. The van der Waals surface area contributed by atoms with Gasteiger partial charge in [0.15, 0.2) is 0 Å². The molecule has 104 valence electrons. The lowest BCUT2D eigenvalue weighted by Crippen LogP contribution is -2.09. The van der Waals surface area contributed by atoms with Gasteiger partial charge in [0.1, 0.15) is 0 Å². The minimum atomic E-state index is -0.917. The molecular formula is C14H14N2O4. The molecule has 20 heavy (non-hydrogen) atoms. The summed E-state index contributed by atoms with van der Waals surface area (Å²) < 4.78 is 2.09. The third-order valence-corrected chi connectivity index (χ3v) is 3.98. The molecule has 1 aliphatic heterocycles. The summed E-state index contributed by atoms with van der Waals surface area (Å²) in [5, 5.41) is 20.8. The molecule has 0 bridgehead atoms. The van der Waals surface area contributed by atoms with Crippen molar-refractivity contribution < 1.29 is 14.8 Å². The van der Waals surface area contributed by atoms with Gasteiger partial charge in [0.2, 0.25) is 0 Å². The van der Waals surface area contributed by atoms with Gasteiger partial charge in [-0.3, -0.25) is 14.9 Å². The second-order valence-electron chi connectivity index (χ2n) is 5.15. The standard InChI is InChI=1S/C14H14N2O4/c1-8-11(7-13(17)18)12-6-10(16(19)20)5-9-3-2-4-15(8)14(9)12/h5-6H,2-4,7H2,1H3,(H,17,18). The van der Waals surface area contributed by atoms with Crippen LogP contribution in [-0.2, 0) is 24.2 Å². The van der Waals surface area contributed by atoms with Gasteiger partial charge in [0.25, 0.3) is 5.69 Å². The van der Waals surface area contributed by atoms with E-state index < -0.39 is 10.9 Å². The fraction of sp³-hybridized carbons (Fsp3) is 0.357. The molecule has 0 fully saturated rings. The van der Waals surface area contributed by atoms with Crippen LogP contribution in [0, 0.1) is 17.0 Å². The van der Waals surface area contributed by atoms with Crippen molar-refractivity contribution in [3.63, 3.8) is 0 Å². The molecule has 6 heteroatoms. The summed E-state index contributed by atoms with van der Waals surface area (Å²) in [6.07, 6.45) is 1.62. The number of aryl methyl sites for hydroxylation is 2. The van der Waals surface area contributed by atoms with Gasteiger partial charge in [-0.1, -0.05) is 0 Å². The second-order valence-corrected chi connectivity index (χ2v) is 5.15. The van der Waals surface area contributed by atoms with Gasteiger partial charge in [-0.15, -0.1) is 0 Å². The highest BCUT2D eigenvalue weighted by Crippen LogP contribution is 2.35. The van der Waals surface area contributed by atoms with E-state index >= 15 is 0 Å². The third kappa shape index (κ3) is 1.76. The van der Waals surface area contributed by atoms with Gasteiger partial charge in [0.05, 0.1) is 16.9 Å². The molecule has 0 aliphatic carbocycles. The quantitative estimate of drug-likeness (QED) is 0.688. The zero-order chi connectivity index (χ0) is 14.4. The number of non-ortho nitro benzene ring substituents is 1. The summed E-state index contributed by atoms with van der Waals surface area (Å²) in [7, 11) is 0. The molecular weight excluding hydrogens is 260 g/mol. The number of nitro groups is 1. The lowest BCUT2D eigenvalue weighted by molar-refractivity contribution is -0.384. The van der Waals surface area contributed by atoms with Crippen LogP contribution >= 0.6 is 0 Å². The van der Waals surface area contributed by atoms with Crippen LogP contribution in [0.2, 0.25) is 0 Å². The maximum absolute atomic E-state index is 11.0. The number of hydrogen-bond donors (Lipinski definition) is 1. The van der Waals surface area contributed by atoms with Gasteiger partial charge in [-0.25, -0.2) is 0 Å². The Labute approximate surface area is 114 Å². The Morgan fingerprint density at radius 1 is 1.50 bits per heavy atom. The number of benzene rings is 1. The van der Waals surface area contributed by atoms with E-state index in [0.717, 1.165) is 36.2 Å². The number of carbonyl (C=O) groups is 1. The van der Waals surface area contributed by atoms with Crippen LogP contribution in [0.15, 0.2) is 12.1 Å². The molecule has 0 atom stereocenters. The summed E-state index contributed by atoms with van der Waals surface area (Å²) in [6, 6.07) is 3.12. The Kier molecular flexibility index (Phi) is 2.74. The Morgan fingerprint density at radius 3 is 2.90 bits per heavy atom. The van der Waals surface area contributed by atoms with E-state index in [0.29, 0.717) is 10.9 Å². The van der Waals surface area contributed by atoms with Crippen molar-refractivity contribution >= 4 is 22.6 Å². The molecule has 1 aromatic carbocycles. The maximum Gasteiger partial charge on any atom is 0.307 e. The largest absolute Gasteiger partial charge is 0.481 e. The van der Waals surface area contributed by atoms with E-state index in [1.807, 2.05) is 6.92 Å². The Balaban J connectivity index is 2.36. The van der Waals surface area contributed by atoms with E-state index in [4.69, 9.17) is 5.11 Å². The molecule has 0 unspecified atom stereocenters. The fourth-order valence-corrected chi connectivity index (χ4v) is 3.13. The number of rotatable bonds is 3. The van der Waals surface area contributed by atoms with Gasteiger partial charge in [-0.2, -0.15) is 0 Å². The van der Waals surface area contributed by atoms with Gasteiger partial charge in [0, 0.05) is 29.8 Å². The third-order valence-electron chi connectivity index (χ3n) is 3.98. The second kappa shape index (κ2) is 4.33. The highest BCUT2D eigenvalue weighted by molar-refractivity contribution is 5.93. The number of carboxylic acid groups (broad SMARTS) is 1. The highest BCUT2D eigenvalue weighted by atomic mass is 16.6. The number of aliphatic carboxylic acids is 1. The SMILES string of the molecule is Cc1c(CC(=O)O)c2cc([N+](=O)[O-])cc3c2n1CCC3. The highest BCUT2D eigenvalue weighted by Gasteiger charge is 2.24. The van der Waals surface area contributed by atoms with E-state index in [9.17, 15) is 14.9 Å². The van der Waals surface area contributed by atoms with Gasteiger partial charge >= 0.3 is 5.97 Å². The first-order valence-corrected chi connectivity index (χ1v) is 6.50. The Hall–Kier alpha value is -2.37. The number of nitro benzene ring substituents is 1. The van der Waals surface area contributed by atoms with Crippen molar-refractivity contribution in [2.75, 3.05) is 0 Å². The summed E-state index contributed by atoms with van der Waals surface area (Å²) in [5.74, 6) is -0.917. The predicted octanol–water partition coefficient (Wildman–Crippen LogP) is 2.43. The first-order chi connectivity index (χ1) is 9.49. The van der Waals surface area contributed by atoms with E-state index in [1.54, 1.807) is 6.07 Å². The van der Waals surface area contributed by atoms with Crippen molar-refractivity contribution in [3.8, 4) is 0 Å². The number of nitrogens with zero attached hydrogens (tertiary/aromatic N) is 2. The van der Waals surface area contributed by atoms with Crippen LogP contribution < -0.4 is 0 Å². The topological polar surface area (TPSA) is 85.4 Å². The average molecular weight is 274 g/mol. The van der Waals surface area contributed by atoms with Crippen LogP contribution in [0.3, 0.4) is 0 Å². The molecule has 2 heterocycles. The first kappa shape index (κ1) is 12.7. The monoisotopic (exact) mass is 274 g/mol. The molecule has 6 nitrogen and oxygen atoms in total. The predicted molar refractivity (Wildman–Crippen MR) is 73.0 cm³/mol. The molecule has 0 amide bonds. The van der Waals surface area contributed by atoms with Crippen molar-refractivity contribution in [2.24, 2.45) is 0 Å². The zero-order valence-corrected chi connectivity index (χ0v) is 11.0. The molecule has 0 spiro atoms. The van der Waals surface area contributed by atoms with Crippen LogP contribution in [-0.4, -0.2) is 20.6 Å². The van der Waals surface area contributed by atoms with Crippen LogP contribution in [0.4, 0.5) is 5.69 Å². The molecule has 0 saturated heterocycles. The molecule has 1 aliphatic rings. The lowest BCUT2D eigenvalue weighted by Gasteiger charge is -2.16. The number of hydrogen-bond acceptors (Lipinski definition) is 3. The minimum absolute atomic E-state index is 0.0400. The van der Waals surface area contributed by atoms with E-state index in [2.05, 4.69) is 4.57 Å². The average Bonchev–Trinajstić information content (AvgIpc) is 2.66. The molecule has 1 N–H and O–H groups in total. The smallest absolute Gasteiger partial charge is 0.307 e. The molecule has 0 radical (unpaired) electrons. The number of aromatic nitrogens is 1. The zero-order valence-electron chi connectivity index (χ0n) is 11.0. The Bertz CT molecular complexity index is 745. The van der Waals surface area contributed by atoms with Crippen molar-refractivity contribution in [1.82, 2.24) is 4.57 Å². The van der Waals surface area contributed by atoms with Crippen molar-refractivity contribution in [1.29, 1.82) is 0 Å². The van der Waals surface area contributed by atoms with Crippen molar-refractivity contribution in [3.05, 3.63) is 39.1 Å². The van der Waals surface area contributed by atoms with Crippen LogP contribution in [0.5, 0.6) is 0 Å². The van der Waals surface area contributed by atoms with E-state index in [-0.39, 0.29) is 12.1 Å².